The van der Waals surface area contributed by atoms with Gasteiger partial charge in [-0.05, 0) is 58.0 Å². The summed E-state index contributed by atoms with van der Waals surface area (Å²) in [6.45, 7) is 4.74. The van der Waals surface area contributed by atoms with E-state index in [-0.39, 0.29) is 5.91 Å². The molecule has 3 saturated heterocycles. The summed E-state index contributed by atoms with van der Waals surface area (Å²) in [5, 5.41) is 3.78. The molecule has 2 atom stereocenters. The molecule has 0 aromatic heterocycles. The Morgan fingerprint density at radius 1 is 1.10 bits per heavy atom. The second kappa shape index (κ2) is 6.02. The predicted molar refractivity (Wildman–Crippen MR) is 80.6 cm³/mol. The Bertz CT molecular complexity index is 338. The molecule has 0 radical (unpaired) electrons. The molecule has 0 aromatic carbocycles. The number of rotatable bonds is 3. The molecule has 2 unspecified atom stereocenters. The van der Waals surface area contributed by atoms with E-state index in [4.69, 9.17) is 0 Å². The van der Waals surface area contributed by atoms with Gasteiger partial charge in [0.25, 0.3) is 0 Å². The number of carbonyl (C=O) groups is 1. The minimum atomic E-state index is 0.232. The average Bonchev–Trinajstić information content (AvgIpc) is 2.66. The third-order valence-electron chi connectivity index (χ3n) is 5.83. The maximum absolute atomic E-state index is 11.3. The van der Waals surface area contributed by atoms with Crippen molar-refractivity contribution < 1.29 is 4.79 Å². The number of piperidine rings is 2. The second-order valence-electron chi connectivity index (χ2n) is 7.08. The van der Waals surface area contributed by atoms with E-state index in [1.54, 1.807) is 6.92 Å². The fraction of sp³-hybridized carbons (Fsp3) is 0.938. The van der Waals surface area contributed by atoms with Gasteiger partial charge >= 0.3 is 0 Å². The van der Waals surface area contributed by atoms with Crippen molar-refractivity contribution >= 4 is 5.91 Å². The lowest BCUT2D eigenvalue weighted by atomic mass is 9.90. The number of hydrogen-bond acceptors (Lipinski definition) is 3. The van der Waals surface area contributed by atoms with Gasteiger partial charge in [0.2, 0.25) is 5.91 Å². The van der Waals surface area contributed by atoms with Crippen LogP contribution in [-0.4, -0.2) is 60.5 Å². The molecule has 3 aliphatic heterocycles. The Hall–Kier alpha value is -0.610. The van der Waals surface area contributed by atoms with Gasteiger partial charge in [-0.25, -0.2) is 0 Å². The van der Waals surface area contributed by atoms with E-state index in [1.165, 1.54) is 32.2 Å². The van der Waals surface area contributed by atoms with Gasteiger partial charge < -0.3 is 15.1 Å². The van der Waals surface area contributed by atoms with Crippen molar-refractivity contribution in [3.63, 3.8) is 0 Å². The minimum absolute atomic E-state index is 0.232. The molecule has 0 spiro atoms. The van der Waals surface area contributed by atoms with Crippen LogP contribution in [0.5, 0.6) is 0 Å². The molecule has 3 aliphatic rings. The van der Waals surface area contributed by atoms with Gasteiger partial charge in [-0.2, -0.15) is 0 Å². The standard InChI is InChI=1S/C16H29N3O/c1-12(20)19-7-5-14(6-8-19)17-11-13-9-15-3-4-16(10-13)18(15)2/h13-17H,3-11H2,1-2H3. The zero-order valence-corrected chi connectivity index (χ0v) is 13.0. The largest absolute Gasteiger partial charge is 0.343 e. The van der Waals surface area contributed by atoms with Crippen LogP contribution in [0.15, 0.2) is 0 Å². The van der Waals surface area contributed by atoms with E-state index in [2.05, 4.69) is 17.3 Å². The lowest BCUT2D eigenvalue weighted by molar-refractivity contribution is -0.129. The maximum Gasteiger partial charge on any atom is 0.219 e. The van der Waals surface area contributed by atoms with Crippen LogP contribution >= 0.6 is 0 Å². The Kier molecular flexibility index (Phi) is 4.32. The lowest BCUT2D eigenvalue weighted by Gasteiger charge is -2.38. The van der Waals surface area contributed by atoms with Crippen molar-refractivity contribution in [3.8, 4) is 0 Å². The molecule has 4 heteroatoms. The van der Waals surface area contributed by atoms with Crippen LogP contribution in [0.4, 0.5) is 0 Å². The highest BCUT2D eigenvalue weighted by molar-refractivity contribution is 5.73. The van der Waals surface area contributed by atoms with Gasteiger partial charge in [-0.1, -0.05) is 0 Å². The zero-order valence-electron chi connectivity index (χ0n) is 13.0. The number of hydrogen-bond donors (Lipinski definition) is 1. The Morgan fingerprint density at radius 2 is 1.70 bits per heavy atom. The average molecular weight is 279 g/mol. The lowest BCUT2D eigenvalue weighted by Crippen LogP contribution is -2.47. The van der Waals surface area contributed by atoms with E-state index >= 15 is 0 Å². The minimum Gasteiger partial charge on any atom is -0.343 e. The van der Waals surface area contributed by atoms with Gasteiger partial charge in [-0.15, -0.1) is 0 Å². The zero-order chi connectivity index (χ0) is 14.1. The van der Waals surface area contributed by atoms with Crippen LogP contribution in [0.2, 0.25) is 0 Å². The highest BCUT2D eigenvalue weighted by atomic mass is 16.2. The SMILES string of the molecule is CC(=O)N1CCC(NCC2CC3CCC(C2)N3C)CC1. The van der Waals surface area contributed by atoms with Crippen LogP contribution in [0.25, 0.3) is 0 Å². The molecule has 1 amide bonds. The van der Waals surface area contributed by atoms with E-state index in [0.717, 1.165) is 43.9 Å². The summed E-state index contributed by atoms with van der Waals surface area (Å²) in [7, 11) is 2.31. The van der Waals surface area contributed by atoms with Crippen molar-refractivity contribution in [2.45, 2.75) is 63.6 Å². The number of fused-ring (bicyclic) bond motifs is 2. The molecule has 20 heavy (non-hydrogen) atoms. The molecular formula is C16H29N3O. The molecule has 4 nitrogen and oxygen atoms in total. The summed E-state index contributed by atoms with van der Waals surface area (Å²) < 4.78 is 0. The van der Waals surface area contributed by atoms with Gasteiger partial charge in [0.05, 0.1) is 0 Å². The van der Waals surface area contributed by atoms with Gasteiger partial charge in [0, 0.05) is 38.1 Å². The molecule has 3 fully saturated rings. The fourth-order valence-corrected chi connectivity index (χ4v) is 4.42. The Balaban J connectivity index is 1.39. The van der Waals surface area contributed by atoms with Crippen LogP contribution in [0.3, 0.4) is 0 Å². The van der Waals surface area contributed by atoms with Crippen LogP contribution in [-0.2, 0) is 4.79 Å². The third-order valence-corrected chi connectivity index (χ3v) is 5.83. The smallest absolute Gasteiger partial charge is 0.219 e. The topological polar surface area (TPSA) is 35.6 Å². The predicted octanol–water partition coefficient (Wildman–Crippen LogP) is 1.46. The molecule has 3 heterocycles. The van der Waals surface area contributed by atoms with Crippen LogP contribution < -0.4 is 5.32 Å². The van der Waals surface area contributed by atoms with E-state index in [0.29, 0.717) is 6.04 Å². The molecule has 3 rings (SSSR count). The Labute approximate surface area is 122 Å². The Morgan fingerprint density at radius 3 is 2.25 bits per heavy atom. The van der Waals surface area contributed by atoms with Crippen molar-refractivity contribution in [1.29, 1.82) is 0 Å². The van der Waals surface area contributed by atoms with E-state index in [1.807, 2.05) is 4.90 Å². The number of nitrogens with one attached hydrogen (secondary N) is 1. The molecule has 0 aliphatic carbocycles. The first-order valence-corrected chi connectivity index (χ1v) is 8.34. The normalized spacial score (nSPS) is 35.5. The van der Waals surface area contributed by atoms with Gasteiger partial charge in [0.15, 0.2) is 0 Å². The van der Waals surface area contributed by atoms with Gasteiger partial charge in [0.1, 0.15) is 0 Å². The monoisotopic (exact) mass is 279 g/mol. The van der Waals surface area contributed by atoms with Crippen molar-refractivity contribution in [2.75, 3.05) is 26.7 Å². The number of amides is 1. The molecule has 2 bridgehead atoms. The first-order chi connectivity index (χ1) is 9.63. The second-order valence-corrected chi connectivity index (χ2v) is 7.08. The molecule has 1 N–H and O–H groups in total. The summed E-state index contributed by atoms with van der Waals surface area (Å²) >= 11 is 0. The van der Waals surface area contributed by atoms with Crippen LogP contribution in [0, 0.1) is 5.92 Å². The van der Waals surface area contributed by atoms with Crippen molar-refractivity contribution in [2.24, 2.45) is 5.92 Å². The van der Waals surface area contributed by atoms with E-state index < -0.39 is 0 Å². The summed E-state index contributed by atoms with van der Waals surface area (Å²) in [5.41, 5.74) is 0. The summed E-state index contributed by atoms with van der Waals surface area (Å²) in [6, 6.07) is 2.32. The maximum atomic E-state index is 11.3. The molecule has 0 saturated carbocycles. The first-order valence-electron chi connectivity index (χ1n) is 8.34. The van der Waals surface area contributed by atoms with Crippen LogP contribution in [0.1, 0.15) is 45.4 Å². The quantitative estimate of drug-likeness (QED) is 0.849. The molecule has 114 valence electrons. The fourth-order valence-electron chi connectivity index (χ4n) is 4.42. The summed E-state index contributed by atoms with van der Waals surface area (Å²) in [4.78, 5) is 15.9. The first kappa shape index (κ1) is 14.3. The highest BCUT2D eigenvalue weighted by Gasteiger charge is 2.38. The van der Waals surface area contributed by atoms with E-state index in [9.17, 15) is 4.79 Å². The number of carbonyl (C=O) groups excluding carboxylic acids is 1. The molecule has 0 aromatic rings. The number of likely N-dealkylation sites (tertiary alicyclic amines) is 1. The highest BCUT2D eigenvalue weighted by Crippen LogP contribution is 2.37. The summed E-state index contributed by atoms with van der Waals surface area (Å²) in [6.07, 6.45) is 7.83. The molecular weight excluding hydrogens is 250 g/mol. The van der Waals surface area contributed by atoms with Gasteiger partial charge in [-0.3, -0.25) is 4.79 Å². The summed E-state index contributed by atoms with van der Waals surface area (Å²) in [5.74, 6) is 1.10. The van der Waals surface area contributed by atoms with Crippen molar-refractivity contribution in [3.05, 3.63) is 0 Å². The van der Waals surface area contributed by atoms with Crippen molar-refractivity contribution in [1.82, 2.24) is 15.1 Å². The number of nitrogens with zero attached hydrogens (tertiary/aromatic N) is 2. The third kappa shape index (κ3) is 3.01.